The Morgan fingerprint density at radius 1 is 1.47 bits per heavy atom. The van der Waals surface area contributed by atoms with Crippen molar-refractivity contribution in [3.05, 3.63) is 22.8 Å². The molecule has 94 valence electrons. The van der Waals surface area contributed by atoms with Gasteiger partial charge in [0.2, 0.25) is 0 Å². The van der Waals surface area contributed by atoms with Crippen LogP contribution in [0.4, 0.5) is 5.82 Å². The molecule has 0 atom stereocenters. The fourth-order valence-electron chi connectivity index (χ4n) is 1.19. The zero-order valence-corrected chi connectivity index (χ0v) is 11.4. The zero-order valence-electron chi connectivity index (χ0n) is 10.6. The molecule has 1 aromatic heterocycles. The summed E-state index contributed by atoms with van der Waals surface area (Å²) in [7, 11) is 1.73. The van der Waals surface area contributed by atoms with Gasteiger partial charge in [-0.15, -0.1) is 0 Å². The molecule has 2 N–H and O–H groups in total. The molecule has 1 aromatic rings. The van der Waals surface area contributed by atoms with E-state index in [-0.39, 0.29) is 11.3 Å². The second-order valence-electron chi connectivity index (χ2n) is 5.05. The van der Waals surface area contributed by atoms with E-state index >= 15 is 0 Å². The minimum absolute atomic E-state index is 0.0534. The Labute approximate surface area is 107 Å². The van der Waals surface area contributed by atoms with Gasteiger partial charge in [-0.3, -0.25) is 4.79 Å². The molecule has 0 bridgehead atoms. The molecule has 0 aliphatic carbocycles. The van der Waals surface area contributed by atoms with Gasteiger partial charge < -0.3 is 10.6 Å². The molecule has 0 saturated heterocycles. The van der Waals surface area contributed by atoms with Crippen LogP contribution in [0.5, 0.6) is 0 Å². The van der Waals surface area contributed by atoms with Crippen LogP contribution in [0.2, 0.25) is 5.02 Å². The molecule has 5 heteroatoms. The van der Waals surface area contributed by atoms with E-state index < -0.39 is 0 Å². The first-order valence-corrected chi connectivity index (χ1v) is 5.83. The topological polar surface area (TPSA) is 54.0 Å². The van der Waals surface area contributed by atoms with Crippen LogP contribution in [0.1, 0.15) is 31.1 Å². The van der Waals surface area contributed by atoms with E-state index in [1.807, 2.05) is 0 Å². The third-order valence-corrected chi connectivity index (χ3v) is 2.41. The largest absolute Gasteiger partial charge is 0.372 e. The van der Waals surface area contributed by atoms with Gasteiger partial charge in [-0.2, -0.15) is 0 Å². The van der Waals surface area contributed by atoms with E-state index in [9.17, 15) is 4.79 Å². The quantitative estimate of drug-likeness (QED) is 0.873. The SMILES string of the molecule is CNc1ncc(C(=O)NCC(C)(C)C)cc1Cl. The van der Waals surface area contributed by atoms with Gasteiger partial charge in [0.1, 0.15) is 5.82 Å². The number of anilines is 1. The first-order valence-electron chi connectivity index (χ1n) is 5.45. The molecule has 1 heterocycles. The van der Waals surface area contributed by atoms with E-state index in [0.29, 0.717) is 22.9 Å². The van der Waals surface area contributed by atoms with Crippen LogP contribution in [0.25, 0.3) is 0 Å². The fraction of sp³-hybridized carbons (Fsp3) is 0.500. The summed E-state index contributed by atoms with van der Waals surface area (Å²) in [5.74, 6) is 0.413. The van der Waals surface area contributed by atoms with Crippen molar-refractivity contribution in [3.63, 3.8) is 0 Å². The predicted molar refractivity (Wildman–Crippen MR) is 70.6 cm³/mol. The van der Waals surface area contributed by atoms with Crippen LogP contribution in [0, 0.1) is 5.41 Å². The summed E-state index contributed by atoms with van der Waals surface area (Å²) in [6.45, 7) is 6.78. The van der Waals surface area contributed by atoms with Gasteiger partial charge in [0.15, 0.2) is 0 Å². The molecule has 0 fully saturated rings. The lowest BCUT2D eigenvalue weighted by molar-refractivity contribution is 0.0939. The highest BCUT2D eigenvalue weighted by molar-refractivity contribution is 6.33. The van der Waals surface area contributed by atoms with Crippen molar-refractivity contribution >= 4 is 23.3 Å². The fourth-order valence-corrected chi connectivity index (χ4v) is 1.45. The summed E-state index contributed by atoms with van der Waals surface area (Å²) >= 11 is 5.96. The van der Waals surface area contributed by atoms with E-state index in [2.05, 4.69) is 36.4 Å². The molecule has 1 amide bonds. The summed E-state index contributed by atoms with van der Waals surface area (Å²) in [4.78, 5) is 15.9. The number of hydrogen-bond acceptors (Lipinski definition) is 3. The smallest absolute Gasteiger partial charge is 0.252 e. The first-order chi connectivity index (χ1) is 7.83. The maximum absolute atomic E-state index is 11.8. The number of halogens is 1. The Kier molecular flexibility index (Phi) is 4.34. The van der Waals surface area contributed by atoms with Crippen LogP contribution >= 0.6 is 11.6 Å². The molecule has 0 aliphatic rings. The predicted octanol–water partition coefficient (Wildman–Crippen LogP) is 2.55. The maximum atomic E-state index is 11.8. The van der Waals surface area contributed by atoms with Crippen molar-refractivity contribution < 1.29 is 4.79 Å². The second-order valence-corrected chi connectivity index (χ2v) is 5.45. The van der Waals surface area contributed by atoms with E-state index in [0.717, 1.165) is 0 Å². The highest BCUT2D eigenvalue weighted by Gasteiger charge is 2.14. The molecule has 0 aromatic carbocycles. The number of hydrogen-bond donors (Lipinski definition) is 2. The normalized spacial score (nSPS) is 11.1. The van der Waals surface area contributed by atoms with Gasteiger partial charge in [0.25, 0.3) is 5.91 Å². The van der Waals surface area contributed by atoms with Crippen molar-refractivity contribution in [2.24, 2.45) is 5.41 Å². The van der Waals surface area contributed by atoms with Crippen molar-refractivity contribution in [2.45, 2.75) is 20.8 Å². The standard InChI is InChI=1S/C12H18ClN3O/c1-12(2,3)7-16-11(17)8-5-9(13)10(14-4)15-6-8/h5-6H,7H2,1-4H3,(H,14,15)(H,16,17). The molecule has 0 radical (unpaired) electrons. The average molecular weight is 256 g/mol. The van der Waals surface area contributed by atoms with Crippen molar-refractivity contribution in [3.8, 4) is 0 Å². The number of amides is 1. The lowest BCUT2D eigenvalue weighted by Gasteiger charge is -2.18. The van der Waals surface area contributed by atoms with E-state index in [4.69, 9.17) is 11.6 Å². The lowest BCUT2D eigenvalue weighted by atomic mass is 9.97. The molecular formula is C12H18ClN3O. The third-order valence-electron chi connectivity index (χ3n) is 2.12. The Balaban J connectivity index is 2.73. The van der Waals surface area contributed by atoms with Gasteiger partial charge in [0, 0.05) is 19.8 Å². The first kappa shape index (κ1) is 13.8. The molecule has 0 spiro atoms. The molecule has 17 heavy (non-hydrogen) atoms. The summed E-state index contributed by atoms with van der Waals surface area (Å²) in [6, 6.07) is 1.61. The van der Waals surface area contributed by atoms with E-state index in [1.165, 1.54) is 6.20 Å². The van der Waals surface area contributed by atoms with Crippen LogP contribution in [0.3, 0.4) is 0 Å². The van der Waals surface area contributed by atoms with E-state index in [1.54, 1.807) is 13.1 Å². The molecule has 1 rings (SSSR count). The summed E-state index contributed by atoms with van der Waals surface area (Å²) in [5.41, 5.74) is 0.524. The highest BCUT2D eigenvalue weighted by Crippen LogP contribution is 2.19. The maximum Gasteiger partial charge on any atom is 0.252 e. The van der Waals surface area contributed by atoms with Gasteiger partial charge in [-0.1, -0.05) is 32.4 Å². The number of aromatic nitrogens is 1. The molecule has 0 saturated carbocycles. The molecule has 0 aliphatic heterocycles. The Morgan fingerprint density at radius 2 is 2.12 bits per heavy atom. The minimum Gasteiger partial charge on any atom is -0.372 e. The van der Waals surface area contributed by atoms with Gasteiger partial charge in [0.05, 0.1) is 10.6 Å². The Hall–Kier alpha value is -1.29. The zero-order chi connectivity index (χ0) is 13.1. The van der Waals surface area contributed by atoms with Crippen molar-refractivity contribution in [1.29, 1.82) is 0 Å². The molecule has 4 nitrogen and oxygen atoms in total. The monoisotopic (exact) mass is 255 g/mol. The Bertz CT molecular complexity index is 413. The average Bonchev–Trinajstić information content (AvgIpc) is 2.24. The third kappa shape index (κ3) is 4.23. The number of carbonyl (C=O) groups is 1. The van der Waals surface area contributed by atoms with Crippen LogP contribution < -0.4 is 10.6 Å². The number of carbonyl (C=O) groups excluding carboxylic acids is 1. The second kappa shape index (κ2) is 5.36. The van der Waals surface area contributed by atoms with Crippen molar-refractivity contribution in [2.75, 3.05) is 18.9 Å². The van der Waals surface area contributed by atoms with Gasteiger partial charge in [-0.05, 0) is 11.5 Å². The molecular weight excluding hydrogens is 238 g/mol. The summed E-state index contributed by atoms with van der Waals surface area (Å²) in [6.07, 6.45) is 1.51. The number of pyridine rings is 1. The van der Waals surface area contributed by atoms with Gasteiger partial charge >= 0.3 is 0 Å². The Morgan fingerprint density at radius 3 is 2.59 bits per heavy atom. The number of nitrogens with zero attached hydrogens (tertiary/aromatic N) is 1. The van der Waals surface area contributed by atoms with Crippen LogP contribution in [-0.4, -0.2) is 24.5 Å². The minimum atomic E-state index is -0.156. The van der Waals surface area contributed by atoms with Crippen LogP contribution in [0.15, 0.2) is 12.3 Å². The molecule has 0 unspecified atom stereocenters. The van der Waals surface area contributed by atoms with Crippen LogP contribution in [-0.2, 0) is 0 Å². The summed E-state index contributed by atoms with van der Waals surface area (Å²) in [5, 5.41) is 6.13. The highest BCUT2D eigenvalue weighted by atomic mass is 35.5. The van der Waals surface area contributed by atoms with Crippen molar-refractivity contribution in [1.82, 2.24) is 10.3 Å². The summed E-state index contributed by atoms with van der Waals surface area (Å²) < 4.78 is 0. The number of nitrogens with one attached hydrogen (secondary N) is 2. The number of rotatable bonds is 3. The lowest BCUT2D eigenvalue weighted by Crippen LogP contribution is -2.32. The van der Waals surface area contributed by atoms with Gasteiger partial charge in [-0.25, -0.2) is 4.98 Å².